The van der Waals surface area contributed by atoms with E-state index in [9.17, 15) is 8.42 Å². The first-order valence-corrected chi connectivity index (χ1v) is 8.93. The van der Waals surface area contributed by atoms with Gasteiger partial charge in [0.05, 0.1) is 7.11 Å². The van der Waals surface area contributed by atoms with E-state index in [4.69, 9.17) is 4.74 Å². The summed E-state index contributed by atoms with van der Waals surface area (Å²) < 4.78 is 32.8. The third-order valence-corrected chi connectivity index (χ3v) is 5.62. The van der Waals surface area contributed by atoms with Gasteiger partial charge < -0.3 is 4.74 Å². The number of hydrogen-bond donors (Lipinski definition) is 0. The molecule has 2 aromatic carbocycles. The quantitative estimate of drug-likeness (QED) is 0.792. The van der Waals surface area contributed by atoms with Gasteiger partial charge in [-0.1, -0.05) is 45.8 Å². The molecule has 0 aromatic heterocycles. The van der Waals surface area contributed by atoms with Crippen molar-refractivity contribution in [2.75, 3.05) is 14.2 Å². The van der Waals surface area contributed by atoms with E-state index < -0.39 is 10.0 Å². The Bertz CT molecular complexity index is 775. The van der Waals surface area contributed by atoms with E-state index in [0.29, 0.717) is 16.8 Å². The monoisotopic (exact) mass is 383 g/mol. The van der Waals surface area contributed by atoms with Crippen molar-refractivity contribution in [3.8, 4) is 5.75 Å². The highest BCUT2D eigenvalue weighted by Crippen LogP contribution is 2.29. The second kappa shape index (κ2) is 6.81. The standard InChI is InChI=1S/C16H18BrNO3S/c1-12-5-4-6-13(9-12)11-18(2)22(19,20)16-10-14(17)7-8-15(16)21-3/h4-10H,11H2,1-3H3. The van der Waals surface area contributed by atoms with Crippen LogP contribution < -0.4 is 4.74 Å². The topological polar surface area (TPSA) is 46.6 Å². The summed E-state index contributed by atoms with van der Waals surface area (Å²) in [6, 6.07) is 12.7. The number of hydrogen-bond acceptors (Lipinski definition) is 3. The van der Waals surface area contributed by atoms with Gasteiger partial charge >= 0.3 is 0 Å². The van der Waals surface area contributed by atoms with Gasteiger partial charge in [0.2, 0.25) is 10.0 Å². The van der Waals surface area contributed by atoms with Crippen LogP contribution in [0, 0.1) is 6.92 Å². The van der Waals surface area contributed by atoms with Crippen molar-refractivity contribution >= 4 is 26.0 Å². The van der Waals surface area contributed by atoms with Gasteiger partial charge in [0.15, 0.2) is 0 Å². The van der Waals surface area contributed by atoms with Crippen molar-refractivity contribution in [2.45, 2.75) is 18.4 Å². The second-order valence-corrected chi connectivity index (χ2v) is 7.97. The zero-order chi connectivity index (χ0) is 16.3. The van der Waals surface area contributed by atoms with Crippen molar-refractivity contribution in [1.29, 1.82) is 0 Å². The van der Waals surface area contributed by atoms with Gasteiger partial charge in [-0.25, -0.2) is 8.42 Å². The fraction of sp³-hybridized carbons (Fsp3) is 0.250. The maximum Gasteiger partial charge on any atom is 0.246 e. The molecule has 118 valence electrons. The molecule has 0 saturated carbocycles. The van der Waals surface area contributed by atoms with Crippen LogP contribution in [0.1, 0.15) is 11.1 Å². The molecular weight excluding hydrogens is 366 g/mol. The Morgan fingerprint density at radius 1 is 1.18 bits per heavy atom. The first-order valence-electron chi connectivity index (χ1n) is 6.70. The lowest BCUT2D eigenvalue weighted by atomic mass is 10.1. The van der Waals surface area contributed by atoms with E-state index >= 15 is 0 Å². The molecule has 0 radical (unpaired) electrons. The Kier molecular flexibility index (Phi) is 5.26. The largest absolute Gasteiger partial charge is 0.495 e. The summed E-state index contributed by atoms with van der Waals surface area (Å²) in [6.45, 7) is 2.29. The minimum Gasteiger partial charge on any atom is -0.495 e. The molecule has 2 aromatic rings. The normalized spacial score (nSPS) is 11.7. The number of ether oxygens (including phenoxy) is 1. The fourth-order valence-corrected chi connectivity index (χ4v) is 4.02. The summed E-state index contributed by atoms with van der Waals surface area (Å²) in [7, 11) is -0.608. The lowest BCUT2D eigenvalue weighted by Crippen LogP contribution is -2.27. The van der Waals surface area contributed by atoms with E-state index in [1.807, 2.05) is 31.2 Å². The molecule has 0 unspecified atom stereocenters. The molecule has 0 aliphatic rings. The first kappa shape index (κ1) is 17.0. The number of benzene rings is 2. The Labute approximate surface area is 139 Å². The van der Waals surface area contributed by atoms with Gasteiger partial charge in [0.25, 0.3) is 0 Å². The second-order valence-electron chi connectivity index (χ2n) is 5.05. The molecule has 2 rings (SSSR count). The van der Waals surface area contributed by atoms with Crippen LogP contribution in [-0.4, -0.2) is 26.9 Å². The van der Waals surface area contributed by atoms with Crippen molar-refractivity contribution in [3.63, 3.8) is 0 Å². The van der Waals surface area contributed by atoms with Crippen molar-refractivity contribution in [1.82, 2.24) is 4.31 Å². The minimum atomic E-state index is -3.64. The van der Waals surface area contributed by atoms with Gasteiger partial charge in [0, 0.05) is 18.1 Å². The third-order valence-electron chi connectivity index (χ3n) is 3.30. The maximum atomic E-state index is 12.8. The summed E-state index contributed by atoms with van der Waals surface area (Å²) >= 11 is 3.30. The molecule has 0 amide bonds. The number of aryl methyl sites for hydroxylation is 1. The molecule has 0 saturated heterocycles. The molecule has 4 nitrogen and oxygen atoms in total. The average molecular weight is 384 g/mol. The van der Waals surface area contributed by atoms with Gasteiger partial charge in [0.1, 0.15) is 10.6 Å². The SMILES string of the molecule is COc1ccc(Br)cc1S(=O)(=O)N(C)Cc1cccc(C)c1. The minimum absolute atomic E-state index is 0.152. The van der Waals surface area contributed by atoms with E-state index in [1.54, 1.807) is 25.2 Å². The Balaban J connectivity index is 2.35. The van der Waals surface area contributed by atoms with Crippen LogP contribution in [0.5, 0.6) is 5.75 Å². The first-order chi connectivity index (χ1) is 10.3. The number of sulfonamides is 1. The summed E-state index contributed by atoms with van der Waals surface area (Å²) in [6.07, 6.45) is 0. The van der Waals surface area contributed by atoms with E-state index in [1.165, 1.54) is 11.4 Å². The molecule has 0 heterocycles. The molecule has 0 N–H and O–H groups in total. The van der Waals surface area contributed by atoms with E-state index in [2.05, 4.69) is 15.9 Å². The molecule has 0 aliphatic carbocycles. The highest BCUT2D eigenvalue weighted by atomic mass is 79.9. The van der Waals surface area contributed by atoms with Gasteiger partial charge in [-0.3, -0.25) is 0 Å². The Morgan fingerprint density at radius 3 is 2.55 bits per heavy atom. The molecule has 22 heavy (non-hydrogen) atoms. The zero-order valence-electron chi connectivity index (χ0n) is 12.7. The highest BCUT2D eigenvalue weighted by Gasteiger charge is 2.25. The molecule has 0 atom stereocenters. The van der Waals surface area contributed by atoms with Gasteiger partial charge in [-0.05, 0) is 30.7 Å². The Morgan fingerprint density at radius 2 is 1.91 bits per heavy atom. The number of rotatable bonds is 5. The summed E-state index contributed by atoms with van der Waals surface area (Å²) in [4.78, 5) is 0.152. The maximum absolute atomic E-state index is 12.8. The molecule has 0 fully saturated rings. The van der Waals surface area contributed by atoms with Gasteiger partial charge in [-0.15, -0.1) is 0 Å². The molecule has 6 heteroatoms. The predicted molar refractivity (Wildman–Crippen MR) is 90.5 cm³/mol. The van der Waals surface area contributed by atoms with Gasteiger partial charge in [-0.2, -0.15) is 4.31 Å². The lowest BCUT2D eigenvalue weighted by Gasteiger charge is -2.19. The third kappa shape index (κ3) is 3.69. The molecular formula is C16H18BrNO3S. The van der Waals surface area contributed by atoms with Crippen LogP contribution in [0.15, 0.2) is 51.8 Å². The zero-order valence-corrected chi connectivity index (χ0v) is 15.1. The summed E-state index contributed by atoms with van der Waals surface area (Å²) in [5.74, 6) is 0.333. The lowest BCUT2D eigenvalue weighted by molar-refractivity contribution is 0.397. The van der Waals surface area contributed by atoms with Crippen LogP contribution in [0.4, 0.5) is 0 Å². The summed E-state index contributed by atoms with van der Waals surface area (Å²) in [5.41, 5.74) is 2.04. The smallest absolute Gasteiger partial charge is 0.246 e. The molecule has 0 aliphatic heterocycles. The average Bonchev–Trinajstić information content (AvgIpc) is 2.47. The van der Waals surface area contributed by atoms with Crippen molar-refractivity contribution in [3.05, 3.63) is 58.1 Å². The Hall–Kier alpha value is -1.37. The molecule has 0 bridgehead atoms. The fourth-order valence-electron chi connectivity index (χ4n) is 2.17. The highest BCUT2D eigenvalue weighted by molar-refractivity contribution is 9.10. The predicted octanol–water partition coefficient (Wildman–Crippen LogP) is 3.59. The van der Waals surface area contributed by atoms with Crippen LogP contribution in [0.2, 0.25) is 0 Å². The van der Waals surface area contributed by atoms with Crippen molar-refractivity contribution < 1.29 is 13.2 Å². The van der Waals surface area contributed by atoms with Crippen LogP contribution in [0.25, 0.3) is 0 Å². The van der Waals surface area contributed by atoms with Crippen LogP contribution in [0.3, 0.4) is 0 Å². The van der Waals surface area contributed by atoms with E-state index in [0.717, 1.165) is 11.1 Å². The molecule has 0 spiro atoms. The number of nitrogens with zero attached hydrogens (tertiary/aromatic N) is 1. The number of methoxy groups -OCH3 is 1. The summed E-state index contributed by atoms with van der Waals surface area (Å²) in [5, 5.41) is 0. The van der Waals surface area contributed by atoms with Crippen LogP contribution in [-0.2, 0) is 16.6 Å². The number of halogens is 1. The van der Waals surface area contributed by atoms with Crippen molar-refractivity contribution in [2.24, 2.45) is 0 Å². The van der Waals surface area contributed by atoms with E-state index in [-0.39, 0.29) is 4.90 Å². The van der Waals surface area contributed by atoms with Crippen LogP contribution >= 0.6 is 15.9 Å².